The van der Waals surface area contributed by atoms with Crippen LogP contribution in [0.25, 0.3) is 17.0 Å². The number of cyclic esters (lactones) is 1. The Kier molecular flexibility index (Phi) is 5.33. The first-order chi connectivity index (χ1) is 15.6. The van der Waals surface area contributed by atoms with E-state index in [9.17, 15) is 4.79 Å². The Labute approximate surface area is 190 Å². The van der Waals surface area contributed by atoms with E-state index in [1.807, 2.05) is 73.7 Å². The first-order valence-corrected chi connectivity index (χ1v) is 11.1. The lowest BCUT2D eigenvalue weighted by Gasteiger charge is -2.09. The lowest BCUT2D eigenvalue weighted by Crippen LogP contribution is -2.06. The van der Waals surface area contributed by atoms with Crippen LogP contribution in [0.15, 0.2) is 99.5 Å². The molecule has 4 nitrogen and oxygen atoms in total. The molecule has 0 aliphatic carbocycles. The SMILES string of the molecule is Cc1ccccc1C1=NC(=Cc2cc3cccc(C)c3nc2Sc2ccccc2)C(=O)O1. The second kappa shape index (κ2) is 8.44. The number of aryl methyl sites for hydroxylation is 2. The third kappa shape index (κ3) is 3.95. The smallest absolute Gasteiger partial charge is 0.363 e. The minimum absolute atomic E-state index is 0.270. The second-order valence-corrected chi connectivity index (χ2v) is 8.66. The van der Waals surface area contributed by atoms with E-state index in [1.165, 1.54) is 0 Å². The predicted octanol–water partition coefficient (Wildman–Crippen LogP) is 6.35. The number of esters is 1. The van der Waals surface area contributed by atoms with Gasteiger partial charge in [0, 0.05) is 21.4 Å². The summed E-state index contributed by atoms with van der Waals surface area (Å²) in [5, 5.41) is 1.83. The first-order valence-electron chi connectivity index (χ1n) is 10.3. The van der Waals surface area contributed by atoms with Crippen LogP contribution in [0.1, 0.15) is 22.3 Å². The molecular weight excluding hydrogens is 416 g/mol. The van der Waals surface area contributed by atoms with E-state index >= 15 is 0 Å². The topological polar surface area (TPSA) is 51.5 Å². The molecule has 0 radical (unpaired) electrons. The summed E-state index contributed by atoms with van der Waals surface area (Å²) in [5.41, 5.74) is 4.98. The van der Waals surface area contributed by atoms with Crippen molar-refractivity contribution in [2.24, 2.45) is 4.99 Å². The van der Waals surface area contributed by atoms with Crippen molar-refractivity contribution >= 4 is 40.6 Å². The van der Waals surface area contributed by atoms with Crippen molar-refractivity contribution in [2.75, 3.05) is 0 Å². The lowest BCUT2D eigenvalue weighted by molar-refractivity contribution is -0.129. The normalized spacial score (nSPS) is 14.6. The van der Waals surface area contributed by atoms with Gasteiger partial charge in [0.25, 0.3) is 0 Å². The summed E-state index contributed by atoms with van der Waals surface area (Å²) in [6.45, 7) is 4.02. The van der Waals surface area contributed by atoms with Gasteiger partial charge in [-0.15, -0.1) is 0 Å². The molecule has 1 aliphatic rings. The first kappa shape index (κ1) is 20.2. The maximum Gasteiger partial charge on any atom is 0.363 e. The van der Waals surface area contributed by atoms with Crippen LogP contribution in [-0.4, -0.2) is 16.9 Å². The van der Waals surface area contributed by atoms with Crippen molar-refractivity contribution in [3.63, 3.8) is 0 Å². The van der Waals surface area contributed by atoms with Crippen molar-refractivity contribution in [3.8, 4) is 0 Å². The van der Waals surface area contributed by atoms with Crippen molar-refractivity contribution < 1.29 is 9.53 Å². The third-order valence-corrected chi connectivity index (χ3v) is 6.31. The largest absolute Gasteiger partial charge is 0.402 e. The van der Waals surface area contributed by atoms with Crippen LogP contribution in [0.4, 0.5) is 0 Å². The molecule has 0 spiro atoms. The van der Waals surface area contributed by atoms with E-state index in [0.717, 1.165) is 43.1 Å². The summed E-state index contributed by atoms with van der Waals surface area (Å²) in [7, 11) is 0. The number of fused-ring (bicyclic) bond motifs is 1. The van der Waals surface area contributed by atoms with Crippen LogP contribution in [0.3, 0.4) is 0 Å². The number of ether oxygens (including phenoxy) is 1. The van der Waals surface area contributed by atoms with Crippen LogP contribution < -0.4 is 0 Å². The molecule has 1 aliphatic heterocycles. The quantitative estimate of drug-likeness (QED) is 0.276. The fourth-order valence-corrected chi connectivity index (χ4v) is 4.51. The zero-order valence-electron chi connectivity index (χ0n) is 17.7. The Bertz CT molecular complexity index is 1410. The summed E-state index contributed by atoms with van der Waals surface area (Å²) in [4.78, 5) is 23.2. The lowest BCUT2D eigenvalue weighted by atomic mass is 10.1. The van der Waals surface area contributed by atoms with E-state index < -0.39 is 5.97 Å². The summed E-state index contributed by atoms with van der Waals surface area (Å²) in [6, 6.07) is 26.0. The highest BCUT2D eigenvalue weighted by Crippen LogP contribution is 2.33. The average molecular weight is 437 g/mol. The molecular formula is C27H20N2O2S. The molecule has 5 heteroatoms. The number of aromatic nitrogens is 1. The number of carbonyl (C=O) groups is 1. The Hall–Kier alpha value is -3.70. The van der Waals surface area contributed by atoms with Gasteiger partial charge in [0.1, 0.15) is 5.03 Å². The summed E-state index contributed by atoms with van der Waals surface area (Å²) >= 11 is 1.57. The van der Waals surface area contributed by atoms with E-state index in [0.29, 0.717) is 5.90 Å². The molecule has 5 rings (SSSR count). The van der Waals surface area contributed by atoms with Gasteiger partial charge < -0.3 is 4.74 Å². The number of rotatable bonds is 4. The molecule has 4 aromatic rings. The summed E-state index contributed by atoms with van der Waals surface area (Å²) in [6.07, 6.45) is 1.77. The number of pyridine rings is 1. The highest BCUT2D eigenvalue weighted by Gasteiger charge is 2.25. The minimum Gasteiger partial charge on any atom is -0.402 e. The van der Waals surface area contributed by atoms with Gasteiger partial charge in [0.15, 0.2) is 5.70 Å². The number of benzene rings is 3. The van der Waals surface area contributed by atoms with Gasteiger partial charge in [-0.1, -0.05) is 66.4 Å². The maximum atomic E-state index is 12.6. The molecule has 3 aromatic carbocycles. The number of hydrogen-bond donors (Lipinski definition) is 0. The predicted molar refractivity (Wildman–Crippen MR) is 129 cm³/mol. The van der Waals surface area contributed by atoms with Gasteiger partial charge in [-0.05, 0) is 55.3 Å². The minimum atomic E-state index is -0.455. The van der Waals surface area contributed by atoms with Crippen LogP contribution in [0, 0.1) is 13.8 Å². The maximum absolute atomic E-state index is 12.6. The van der Waals surface area contributed by atoms with Crippen molar-refractivity contribution in [1.82, 2.24) is 4.98 Å². The Balaban J connectivity index is 1.62. The molecule has 1 aromatic heterocycles. The van der Waals surface area contributed by atoms with Crippen molar-refractivity contribution in [2.45, 2.75) is 23.8 Å². The number of nitrogens with zero attached hydrogens (tertiary/aromatic N) is 2. The van der Waals surface area contributed by atoms with E-state index in [1.54, 1.807) is 17.8 Å². The molecule has 0 bridgehead atoms. The third-order valence-electron chi connectivity index (χ3n) is 5.29. The molecule has 0 N–H and O–H groups in total. The van der Waals surface area contributed by atoms with E-state index in [2.05, 4.69) is 24.0 Å². The average Bonchev–Trinajstić information content (AvgIpc) is 3.15. The number of carbonyl (C=O) groups excluding carboxylic acids is 1. The molecule has 0 saturated carbocycles. The van der Waals surface area contributed by atoms with Gasteiger partial charge in [-0.25, -0.2) is 14.8 Å². The van der Waals surface area contributed by atoms with Gasteiger partial charge in [0.2, 0.25) is 5.90 Å². The Morgan fingerprint density at radius 1 is 0.875 bits per heavy atom. The summed E-state index contributed by atoms with van der Waals surface area (Å²) in [5.74, 6) is -0.121. The molecule has 0 saturated heterocycles. The monoisotopic (exact) mass is 436 g/mol. The highest BCUT2D eigenvalue weighted by atomic mass is 32.2. The fourth-order valence-electron chi connectivity index (χ4n) is 3.62. The van der Waals surface area contributed by atoms with Crippen molar-refractivity contribution in [1.29, 1.82) is 0 Å². The molecule has 0 atom stereocenters. The van der Waals surface area contributed by atoms with Gasteiger partial charge >= 0.3 is 5.97 Å². The van der Waals surface area contributed by atoms with E-state index in [-0.39, 0.29) is 5.70 Å². The van der Waals surface area contributed by atoms with Gasteiger partial charge in [0.05, 0.1) is 5.52 Å². The van der Waals surface area contributed by atoms with Gasteiger partial charge in [-0.2, -0.15) is 0 Å². The standard InChI is InChI=1S/C27H20N2O2S/c1-17-9-6-7-14-22(17)25-28-23(27(30)31-25)16-20-15-19-11-8-10-18(2)24(19)29-26(20)32-21-12-4-3-5-13-21/h3-16H,1-2H3. The van der Waals surface area contributed by atoms with Crippen molar-refractivity contribution in [3.05, 3.63) is 107 Å². The number of hydrogen-bond acceptors (Lipinski definition) is 5. The zero-order chi connectivity index (χ0) is 22.1. The molecule has 156 valence electrons. The second-order valence-electron chi connectivity index (χ2n) is 7.60. The van der Waals surface area contributed by atoms with Crippen LogP contribution in [0.2, 0.25) is 0 Å². The van der Waals surface area contributed by atoms with Gasteiger partial charge in [-0.3, -0.25) is 0 Å². The van der Waals surface area contributed by atoms with E-state index in [4.69, 9.17) is 9.72 Å². The number of aliphatic imine (C=N–C) groups is 1. The van der Waals surface area contributed by atoms with Crippen LogP contribution in [-0.2, 0) is 9.53 Å². The van der Waals surface area contributed by atoms with Crippen LogP contribution >= 0.6 is 11.8 Å². The molecule has 2 heterocycles. The molecule has 0 fully saturated rings. The van der Waals surface area contributed by atoms with Crippen LogP contribution in [0.5, 0.6) is 0 Å². The Morgan fingerprint density at radius 3 is 2.44 bits per heavy atom. The fraction of sp³-hybridized carbons (Fsp3) is 0.0741. The zero-order valence-corrected chi connectivity index (χ0v) is 18.5. The highest BCUT2D eigenvalue weighted by molar-refractivity contribution is 7.99. The number of para-hydroxylation sites is 1. The Morgan fingerprint density at radius 2 is 1.62 bits per heavy atom. The molecule has 32 heavy (non-hydrogen) atoms. The summed E-state index contributed by atoms with van der Waals surface area (Å²) < 4.78 is 5.49. The molecule has 0 amide bonds. The molecule has 0 unspecified atom stereocenters.